The molecule has 1 aliphatic heterocycles. The van der Waals surface area contributed by atoms with Crippen LogP contribution in [0, 0.1) is 0 Å². The summed E-state index contributed by atoms with van der Waals surface area (Å²) in [6.07, 6.45) is 1.26. The Morgan fingerprint density at radius 1 is 0.792 bits per heavy atom. The minimum Gasteiger partial charge on any atom is -0.289 e. The van der Waals surface area contributed by atoms with Crippen LogP contribution in [0.4, 0.5) is 0 Å². The van der Waals surface area contributed by atoms with Gasteiger partial charge in [0.25, 0.3) is 5.91 Å². The highest BCUT2D eigenvalue weighted by Crippen LogP contribution is 2.17. The van der Waals surface area contributed by atoms with Gasteiger partial charge in [-0.1, -0.05) is 48.5 Å². The minimum atomic E-state index is -0.497. The van der Waals surface area contributed by atoms with Crippen molar-refractivity contribution in [1.82, 2.24) is 0 Å². The zero-order valence-corrected chi connectivity index (χ0v) is 12.6. The van der Waals surface area contributed by atoms with Crippen molar-refractivity contribution in [2.24, 2.45) is 9.98 Å². The van der Waals surface area contributed by atoms with Crippen molar-refractivity contribution >= 4 is 22.5 Å². The second-order valence-electron chi connectivity index (χ2n) is 5.47. The molecule has 0 fully saturated rings. The lowest BCUT2D eigenvalue weighted by Crippen LogP contribution is -2.30. The van der Waals surface area contributed by atoms with Gasteiger partial charge in [0, 0.05) is 11.6 Å². The largest absolute Gasteiger partial charge is 0.296 e. The van der Waals surface area contributed by atoms with Crippen molar-refractivity contribution in [3.05, 3.63) is 94.8 Å². The summed E-state index contributed by atoms with van der Waals surface area (Å²) in [7, 11) is 0. The molecule has 0 radical (unpaired) electrons. The molecule has 0 atom stereocenters. The number of nitrogens with zero attached hydrogens (tertiary/aromatic N) is 2. The van der Waals surface area contributed by atoms with Gasteiger partial charge in [-0.05, 0) is 29.0 Å². The number of fused-ring (bicyclic) bond motifs is 2. The number of ketones is 1. The Hall–Kier alpha value is -3.40. The van der Waals surface area contributed by atoms with Crippen LogP contribution in [0.3, 0.4) is 0 Å². The number of allylic oxidation sites excluding steroid dienone is 1. The van der Waals surface area contributed by atoms with Gasteiger partial charge in [0.2, 0.25) is 0 Å². The predicted octanol–water partition coefficient (Wildman–Crippen LogP) is 2.39. The van der Waals surface area contributed by atoms with Crippen LogP contribution < -0.4 is 10.7 Å². The SMILES string of the molecule is O=C1N=c2ccccc2=N/C1=C\C(=O)c1ccc2ccccc2c1. The van der Waals surface area contributed by atoms with E-state index in [1.807, 2.05) is 42.5 Å². The Bertz CT molecular complexity index is 1140. The standard InChI is InChI=1S/C20H12N2O2/c23-19(15-10-9-13-5-1-2-6-14(13)11-15)12-18-20(24)22-17-8-4-3-7-16(17)21-18/h1-12H/b18-12-. The molecule has 0 saturated heterocycles. The first-order valence-electron chi connectivity index (χ1n) is 7.52. The van der Waals surface area contributed by atoms with E-state index in [1.54, 1.807) is 24.3 Å². The molecule has 1 heterocycles. The van der Waals surface area contributed by atoms with E-state index in [2.05, 4.69) is 9.98 Å². The molecule has 0 saturated carbocycles. The average Bonchev–Trinajstić information content (AvgIpc) is 2.62. The maximum absolute atomic E-state index is 12.5. The number of carbonyl (C=O) groups excluding carboxylic acids is 2. The van der Waals surface area contributed by atoms with E-state index >= 15 is 0 Å². The lowest BCUT2D eigenvalue weighted by atomic mass is 10.0. The van der Waals surface area contributed by atoms with Gasteiger partial charge in [0.15, 0.2) is 5.78 Å². The third-order valence-corrected chi connectivity index (χ3v) is 3.87. The molecule has 3 aromatic rings. The molecular formula is C20H12N2O2. The number of amides is 1. The first-order valence-corrected chi connectivity index (χ1v) is 7.52. The van der Waals surface area contributed by atoms with E-state index in [4.69, 9.17) is 0 Å². The van der Waals surface area contributed by atoms with E-state index in [-0.39, 0.29) is 11.5 Å². The number of para-hydroxylation sites is 2. The quantitative estimate of drug-likeness (QED) is 0.539. The summed E-state index contributed by atoms with van der Waals surface area (Å²) in [4.78, 5) is 32.8. The van der Waals surface area contributed by atoms with Crippen molar-refractivity contribution in [3.8, 4) is 0 Å². The van der Waals surface area contributed by atoms with Crippen LogP contribution in [0.25, 0.3) is 10.8 Å². The van der Waals surface area contributed by atoms with Crippen molar-refractivity contribution in [1.29, 1.82) is 0 Å². The third kappa shape index (κ3) is 2.54. The van der Waals surface area contributed by atoms with E-state index in [9.17, 15) is 9.59 Å². The second-order valence-corrected chi connectivity index (χ2v) is 5.47. The number of rotatable bonds is 2. The van der Waals surface area contributed by atoms with E-state index in [1.165, 1.54) is 6.08 Å². The zero-order valence-electron chi connectivity index (χ0n) is 12.6. The van der Waals surface area contributed by atoms with Crippen LogP contribution in [0.5, 0.6) is 0 Å². The topological polar surface area (TPSA) is 58.9 Å². The summed E-state index contributed by atoms with van der Waals surface area (Å²) in [5, 5.41) is 3.15. The summed E-state index contributed by atoms with van der Waals surface area (Å²) < 4.78 is 0. The first kappa shape index (κ1) is 14.2. The fourth-order valence-electron chi connectivity index (χ4n) is 2.64. The molecule has 24 heavy (non-hydrogen) atoms. The van der Waals surface area contributed by atoms with Gasteiger partial charge < -0.3 is 0 Å². The van der Waals surface area contributed by atoms with E-state index < -0.39 is 5.91 Å². The third-order valence-electron chi connectivity index (χ3n) is 3.87. The predicted molar refractivity (Wildman–Crippen MR) is 90.1 cm³/mol. The van der Waals surface area contributed by atoms with Crippen molar-refractivity contribution in [3.63, 3.8) is 0 Å². The minimum absolute atomic E-state index is 0.0619. The van der Waals surface area contributed by atoms with Crippen molar-refractivity contribution in [2.45, 2.75) is 0 Å². The van der Waals surface area contributed by atoms with Crippen LogP contribution in [0.15, 0.2) is 88.5 Å². The average molecular weight is 312 g/mol. The maximum atomic E-state index is 12.5. The summed E-state index contributed by atoms with van der Waals surface area (Å²) in [6.45, 7) is 0. The van der Waals surface area contributed by atoms with Gasteiger partial charge >= 0.3 is 0 Å². The molecule has 1 amide bonds. The highest BCUT2D eigenvalue weighted by molar-refractivity contribution is 6.11. The van der Waals surface area contributed by atoms with Gasteiger partial charge in [0.05, 0.1) is 10.7 Å². The molecule has 4 heteroatoms. The van der Waals surface area contributed by atoms with Gasteiger partial charge in [-0.15, -0.1) is 0 Å². The van der Waals surface area contributed by atoms with Crippen LogP contribution in [0.1, 0.15) is 10.4 Å². The Labute approximate surface area is 137 Å². The zero-order chi connectivity index (χ0) is 16.5. The molecule has 4 nitrogen and oxygen atoms in total. The van der Waals surface area contributed by atoms with Crippen molar-refractivity contribution in [2.75, 3.05) is 0 Å². The van der Waals surface area contributed by atoms with Crippen LogP contribution in [-0.4, -0.2) is 11.7 Å². The Morgan fingerprint density at radius 3 is 2.25 bits per heavy atom. The molecule has 3 aromatic carbocycles. The van der Waals surface area contributed by atoms with E-state index in [0.717, 1.165) is 10.8 Å². The molecule has 114 valence electrons. The maximum Gasteiger partial charge on any atom is 0.296 e. The summed E-state index contributed by atoms with van der Waals surface area (Å²) in [5.74, 6) is -0.759. The highest BCUT2D eigenvalue weighted by atomic mass is 16.1. The molecule has 0 bridgehead atoms. The smallest absolute Gasteiger partial charge is 0.289 e. The number of hydrogen-bond acceptors (Lipinski definition) is 3. The summed E-state index contributed by atoms with van der Waals surface area (Å²) in [5.41, 5.74) is 0.579. The Kier molecular flexibility index (Phi) is 3.35. The van der Waals surface area contributed by atoms with Crippen LogP contribution in [-0.2, 0) is 4.79 Å². The summed E-state index contributed by atoms with van der Waals surface area (Å²) >= 11 is 0. The van der Waals surface area contributed by atoms with Crippen LogP contribution in [0.2, 0.25) is 0 Å². The number of carbonyl (C=O) groups is 2. The Balaban J connectivity index is 1.75. The van der Waals surface area contributed by atoms with E-state index in [0.29, 0.717) is 16.3 Å². The first-order chi connectivity index (χ1) is 11.7. The monoisotopic (exact) mass is 312 g/mol. The van der Waals surface area contributed by atoms with Crippen LogP contribution >= 0.6 is 0 Å². The summed E-state index contributed by atoms with van der Waals surface area (Å²) in [6, 6.07) is 20.3. The second kappa shape index (κ2) is 5.66. The molecule has 0 N–H and O–H groups in total. The number of benzene rings is 3. The van der Waals surface area contributed by atoms with Gasteiger partial charge in [0.1, 0.15) is 5.70 Å². The lowest BCUT2D eigenvalue weighted by Gasteiger charge is -2.03. The molecule has 4 rings (SSSR count). The number of hydrogen-bond donors (Lipinski definition) is 0. The highest BCUT2D eigenvalue weighted by Gasteiger charge is 2.14. The van der Waals surface area contributed by atoms with Crippen molar-refractivity contribution < 1.29 is 9.59 Å². The lowest BCUT2D eigenvalue weighted by molar-refractivity contribution is -0.114. The molecular weight excluding hydrogens is 300 g/mol. The van der Waals surface area contributed by atoms with Gasteiger partial charge in [-0.2, -0.15) is 0 Å². The van der Waals surface area contributed by atoms with Gasteiger partial charge in [-0.3, -0.25) is 9.59 Å². The Morgan fingerprint density at radius 2 is 1.46 bits per heavy atom. The molecule has 0 aromatic heterocycles. The normalized spacial score (nSPS) is 14.8. The fourth-order valence-corrected chi connectivity index (χ4v) is 2.64. The molecule has 0 aliphatic carbocycles. The molecule has 0 unspecified atom stereocenters. The molecule has 0 spiro atoms. The van der Waals surface area contributed by atoms with Gasteiger partial charge in [-0.25, -0.2) is 9.98 Å². The molecule has 1 aliphatic rings. The fraction of sp³-hybridized carbons (Fsp3) is 0.